The molecule has 0 spiro atoms. The van der Waals surface area contributed by atoms with Crippen LogP contribution in [0.2, 0.25) is 0 Å². The maximum Gasteiger partial charge on any atom is 0.321 e. The van der Waals surface area contributed by atoms with Crippen LogP contribution in [0.5, 0.6) is 5.75 Å². The van der Waals surface area contributed by atoms with Gasteiger partial charge in [0, 0.05) is 43.9 Å². The number of likely N-dealkylation sites (tertiary alicyclic amines) is 1. The number of carbonyl (C=O) groups is 1. The van der Waals surface area contributed by atoms with E-state index in [1.807, 2.05) is 0 Å². The van der Waals surface area contributed by atoms with Gasteiger partial charge in [-0.15, -0.1) is 0 Å². The lowest BCUT2D eigenvalue weighted by Gasteiger charge is -2.20. The van der Waals surface area contributed by atoms with E-state index in [9.17, 15) is 18.0 Å². The molecular weight excluding hydrogens is 435 g/mol. The molecule has 0 aromatic heterocycles. The number of ether oxygens (including phenoxy) is 1. The molecule has 4 atom stereocenters. The Morgan fingerprint density at radius 3 is 2.45 bits per heavy atom. The topological polar surface area (TPSA) is 85.6 Å². The molecule has 33 heavy (non-hydrogen) atoms. The van der Waals surface area contributed by atoms with Crippen LogP contribution >= 0.6 is 0 Å². The third-order valence-electron chi connectivity index (χ3n) is 6.32. The molecule has 2 aromatic carbocycles. The van der Waals surface area contributed by atoms with E-state index in [0.717, 1.165) is 24.7 Å². The van der Waals surface area contributed by atoms with Crippen molar-refractivity contribution >= 4 is 5.97 Å². The Labute approximate surface area is 189 Å². The molecule has 1 heterocycles. The molecule has 2 aliphatic rings. The van der Waals surface area contributed by atoms with Crippen molar-refractivity contribution in [2.75, 3.05) is 26.2 Å². The third-order valence-corrected chi connectivity index (χ3v) is 6.32. The highest BCUT2D eigenvalue weighted by Crippen LogP contribution is 2.45. The highest BCUT2D eigenvalue weighted by atomic mass is 19.2. The number of carboxylic acids is 1. The van der Waals surface area contributed by atoms with Crippen LogP contribution in [0, 0.1) is 46.5 Å². The van der Waals surface area contributed by atoms with E-state index in [2.05, 4.69) is 10.2 Å². The second-order valence-electron chi connectivity index (χ2n) is 8.58. The SMILES string of the molecule is N#C[C@H](Cc1ccc(OCCNC2C3CN(Cc4cc(F)c(F)cc4F)C[C@@H]32)cc1)C(=O)O. The van der Waals surface area contributed by atoms with Crippen LogP contribution in [0.1, 0.15) is 11.1 Å². The van der Waals surface area contributed by atoms with Crippen molar-refractivity contribution in [3.05, 3.63) is 65.0 Å². The van der Waals surface area contributed by atoms with Gasteiger partial charge in [0.05, 0.1) is 6.07 Å². The maximum atomic E-state index is 13.8. The fourth-order valence-corrected chi connectivity index (χ4v) is 4.51. The molecule has 1 aliphatic heterocycles. The van der Waals surface area contributed by atoms with Crippen molar-refractivity contribution in [2.24, 2.45) is 17.8 Å². The fourth-order valence-electron chi connectivity index (χ4n) is 4.51. The highest BCUT2D eigenvalue weighted by Gasteiger charge is 2.55. The maximum absolute atomic E-state index is 13.8. The average Bonchev–Trinajstić information content (AvgIpc) is 3.23. The van der Waals surface area contributed by atoms with Gasteiger partial charge in [-0.05, 0) is 42.0 Å². The Morgan fingerprint density at radius 2 is 1.82 bits per heavy atom. The molecule has 9 heteroatoms. The van der Waals surface area contributed by atoms with E-state index >= 15 is 0 Å². The van der Waals surface area contributed by atoms with Crippen LogP contribution in [-0.2, 0) is 17.8 Å². The number of piperidine rings is 1. The van der Waals surface area contributed by atoms with Crippen molar-refractivity contribution in [3.63, 3.8) is 0 Å². The summed E-state index contributed by atoms with van der Waals surface area (Å²) in [6, 6.07) is 10.7. The molecule has 0 radical (unpaired) electrons. The zero-order chi connectivity index (χ0) is 23.5. The molecule has 0 amide bonds. The van der Waals surface area contributed by atoms with Crippen LogP contribution in [0.4, 0.5) is 13.2 Å². The van der Waals surface area contributed by atoms with Crippen LogP contribution in [-0.4, -0.2) is 48.3 Å². The van der Waals surface area contributed by atoms with Gasteiger partial charge in [0.2, 0.25) is 0 Å². The van der Waals surface area contributed by atoms with Gasteiger partial charge in [0.1, 0.15) is 24.1 Å². The van der Waals surface area contributed by atoms with E-state index in [1.165, 1.54) is 0 Å². The first-order valence-electron chi connectivity index (χ1n) is 10.8. The summed E-state index contributed by atoms with van der Waals surface area (Å²) in [6.07, 6.45) is 0.151. The van der Waals surface area contributed by atoms with Crippen molar-refractivity contribution in [1.82, 2.24) is 10.2 Å². The minimum absolute atomic E-state index is 0.151. The third kappa shape index (κ3) is 5.46. The number of benzene rings is 2. The molecule has 4 rings (SSSR count). The number of fused-ring (bicyclic) bond motifs is 1. The minimum atomic E-state index is -1.17. The zero-order valence-electron chi connectivity index (χ0n) is 17.8. The van der Waals surface area contributed by atoms with E-state index in [1.54, 1.807) is 30.3 Å². The number of nitriles is 1. The zero-order valence-corrected chi connectivity index (χ0v) is 17.8. The normalized spacial score (nSPS) is 22.4. The lowest BCUT2D eigenvalue weighted by molar-refractivity contribution is -0.139. The molecule has 2 N–H and O–H groups in total. The fraction of sp³-hybridized carbons (Fsp3) is 0.417. The monoisotopic (exact) mass is 459 g/mol. The largest absolute Gasteiger partial charge is 0.492 e. The number of hydrogen-bond acceptors (Lipinski definition) is 5. The van der Waals surface area contributed by atoms with Crippen molar-refractivity contribution in [3.8, 4) is 11.8 Å². The van der Waals surface area contributed by atoms with Crippen molar-refractivity contribution in [1.29, 1.82) is 5.26 Å². The van der Waals surface area contributed by atoms with Gasteiger partial charge in [0.15, 0.2) is 11.6 Å². The standard InChI is InChI=1S/C24H24F3N3O3/c25-20-9-22(27)21(26)8-16(20)11-30-12-18-19(13-30)23(18)29-5-6-33-17-3-1-14(2-4-17)7-15(10-28)24(31)32/h1-4,8-9,15,18-19,23,29H,5-7,11-13H2,(H,31,32)/t15-,18-,19?,23?/m0/s1. The average molecular weight is 459 g/mol. The van der Waals surface area contributed by atoms with E-state index in [0.29, 0.717) is 42.8 Å². The Bertz CT molecular complexity index is 1050. The van der Waals surface area contributed by atoms with Gasteiger partial charge >= 0.3 is 5.97 Å². The summed E-state index contributed by atoms with van der Waals surface area (Å²) >= 11 is 0. The van der Waals surface area contributed by atoms with Crippen LogP contribution in [0.25, 0.3) is 0 Å². The first-order valence-corrected chi connectivity index (χ1v) is 10.8. The second kappa shape index (κ2) is 9.81. The lowest BCUT2D eigenvalue weighted by atomic mass is 10.0. The van der Waals surface area contributed by atoms with Gasteiger partial charge in [-0.1, -0.05) is 12.1 Å². The lowest BCUT2D eigenvalue weighted by Crippen LogP contribution is -2.33. The van der Waals surface area contributed by atoms with Crippen molar-refractivity contribution < 1.29 is 27.8 Å². The Morgan fingerprint density at radius 1 is 1.15 bits per heavy atom. The van der Waals surface area contributed by atoms with Gasteiger partial charge in [-0.25, -0.2) is 13.2 Å². The number of nitrogens with one attached hydrogen (secondary N) is 1. The Balaban J connectivity index is 1.14. The predicted octanol–water partition coefficient (Wildman–Crippen LogP) is 2.97. The molecule has 174 valence electrons. The van der Waals surface area contributed by atoms with Gasteiger partial charge in [0.25, 0.3) is 0 Å². The number of carboxylic acid groups (broad SMARTS) is 1. The number of aliphatic carboxylic acids is 1. The minimum Gasteiger partial charge on any atom is -0.492 e. The first kappa shape index (κ1) is 23.1. The van der Waals surface area contributed by atoms with Crippen LogP contribution < -0.4 is 10.1 Å². The quantitative estimate of drug-likeness (QED) is 0.420. The number of halogens is 3. The summed E-state index contributed by atoms with van der Waals surface area (Å²) in [5.74, 6) is -3.54. The molecular formula is C24H24F3N3O3. The number of rotatable bonds is 10. The molecule has 1 aliphatic carbocycles. The van der Waals surface area contributed by atoms with Crippen LogP contribution in [0.15, 0.2) is 36.4 Å². The first-order chi connectivity index (χ1) is 15.9. The number of nitrogens with zero attached hydrogens (tertiary/aromatic N) is 2. The predicted molar refractivity (Wildman–Crippen MR) is 113 cm³/mol. The molecule has 0 bridgehead atoms. The molecule has 2 fully saturated rings. The molecule has 2 unspecified atom stereocenters. The van der Waals surface area contributed by atoms with Crippen molar-refractivity contribution in [2.45, 2.75) is 19.0 Å². The van der Waals surface area contributed by atoms with E-state index < -0.39 is 29.3 Å². The second-order valence-corrected chi connectivity index (χ2v) is 8.58. The Kier molecular flexibility index (Phi) is 6.86. The highest BCUT2D eigenvalue weighted by molar-refractivity contribution is 5.73. The summed E-state index contributed by atoms with van der Waals surface area (Å²) in [5.41, 5.74) is 0.929. The summed E-state index contributed by atoms with van der Waals surface area (Å²) in [4.78, 5) is 13.0. The Hall–Kier alpha value is -3.09. The van der Waals surface area contributed by atoms with E-state index in [4.69, 9.17) is 15.1 Å². The summed E-state index contributed by atoms with van der Waals surface area (Å²) < 4.78 is 46.0. The van der Waals surface area contributed by atoms with Gasteiger partial charge in [-0.3, -0.25) is 9.69 Å². The summed E-state index contributed by atoms with van der Waals surface area (Å²) in [6.45, 7) is 2.96. The van der Waals surface area contributed by atoms with Crippen LogP contribution in [0.3, 0.4) is 0 Å². The summed E-state index contributed by atoms with van der Waals surface area (Å²) in [5, 5.41) is 21.3. The van der Waals surface area contributed by atoms with Gasteiger partial charge < -0.3 is 15.2 Å². The molecule has 6 nitrogen and oxygen atoms in total. The van der Waals surface area contributed by atoms with E-state index in [-0.39, 0.29) is 18.5 Å². The summed E-state index contributed by atoms with van der Waals surface area (Å²) in [7, 11) is 0. The molecule has 1 saturated carbocycles. The molecule has 2 aromatic rings. The molecule has 1 saturated heterocycles. The number of hydrogen-bond donors (Lipinski definition) is 2. The van der Waals surface area contributed by atoms with Gasteiger partial charge in [-0.2, -0.15) is 5.26 Å². The smallest absolute Gasteiger partial charge is 0.321 e.